The highest BCUT2D eigenvalue weighted by atomic mass is 16.5. The molecule has 0 bridgehead atoms. The third-order valence-electron chi connectivity index (χ3n) is 14.2. The van der Waals surface area contributed by atoms with Crippen LogP contribution in [-0.2, 0) is 57.5 Å². The topological polar surface area (TPSA) is 386 Å². The number of rotatable bonds is 29. The fraction of sp³-hybridized carbons (Fsp3) is 0.804. The third-order valence-corrected chi connectivity index (χ3v) is 14.2. The summed E-state index contributed by atoms with van der Waals surface area (Å²) in [5.41, 5.74) is 0. The second kappa shape index (κ2) is 37.9. The molecule has 1 heterocycles. The Morgan fingerprint density at radius 1 is 0.556 bits per heavy atom. The number of unbranched alkanes of at least 4 members (excludes halogenated alkanes) is 5. The summed E-state index contributed by atoms with van der Waals surface area (Å²) in [5.74, 6) is -13.3. The van der Waals surface area contributed by atoms with Crippen LogP contribution in [0.15, 0.2) is 0 Å². The Morgan fingerprint density at radius 3 is 1.52 bits per heavy atom. The molecule has 1 aliphatic heterocycles. The number of carboxylic acid groups (broad SMARTS) is 1. The SMILES string of the molecule is CCCCCCCC[C@H](O)CC(=O)N[C@@H](CC(C)C)C(=O)N[C@H](CCC(=O)O)C(=O)N[C@H]1C(=O)N[C@H]([C@@H](C)CC)C(=O)N[C@@H](CC(C)C)C(=O)N[C@H](CO)C(=O)N[C@@H](CC(C)C)C(=O)N[C@H](CO)C(=O)N[C@@H]([C@H](C)CC)C(=O)O[C@H]1C. The van der Waals surface area contributed by atoms with Crippen LogP contribution in [0.1, 0.15) is 179 Å². The molecule has 0 unspecified atom stereocenters. The quantitative estimate of drug-likeness (QED) is 0.0365. The Hall–Kier alpha value is -5.95. The van der Waals surface area contributed by atoms with Crippen molar-refractivity contribution >= 4 is 65.1 Å². The van der Waals surface area contributed by atoms with Crippen molar-refractivity contribution in [3.05, 3.63) is 0 Å². The molecule has 25 heteroatoms. The molecule has 1 aliphatic rings. The number of esters is 1. The van der Waals surface area contributed by atoms with Gasteiger partial charge < -0.3 is 73.0 Å². The van der Waals surface area contributed by atoms with E-state index in [9.17, 15) is 73.2 Å². The standard InChI is InChI=1S/C56H99N9O16/c1-13-16-17-18-19-20-21-36(68)27-43(69)57-38(24-30(4)5)49(73)58-37(22-23-44(70)71)48(72)65-47-35(12)81-56(80)46(34(11)15-3)64-53(77)42(29-67)62-50(74)39(25-31(6)7)59-52(76)41(28-66)61-51(75)40(26-32(8)9)60-54(78)45(33(10)14-2)63-55(47)79/h30-42,45-47,66-68H,13-29H2,1-12H3,(H,57,69)(H,58,73)(H,59,76)(H,60,78)(H,61,75)(H,62,74)(H,63,79)(H,64,77)(H,65,72)(H,70,71)/t33-,34+,35-,36-,37+,38-,39-,40-,41+,42+,45+,46-,47+/m0/s1. The van der Waals surface area contributed by atoms with E-state index in [0.717, 1.165) is 32.1 Å². The molecule has 9 amide bonds. The minimum Gasteiger partial charge on any atom is -0.481 e. The smallest absolute Gasteiger partial charge is 0.329 e. The molecule has 81 heavy (non-hydrogen) atoms. The average Bonchev–Trinajstić information content (AvgIpc) is 3.42. The summed E-state index contributed by atoms with van der Waals surface area (Å²) in [4.78, 5) is 153. The number of ether oxygens (including phenoxy) is 1. The fourth-order valence-corrected chi connectivity index (χ4v) is 8.96. The fourth-order valence-electron chi connectivity index (χ4n) is 8.96. The Bertz CT molecular complexity index is 2060. The summed E-state index contributed by atoms with van der Waals surface area (Å²) >= 11 is 0. The van der Waals surface area contributed by atoms with Gasteiger partial charge in [0.25, 0.3) is 0 Å². The van der Waals surface area contributed by atoms with Crippen LogP contribution < -0.4 is 47.9 Å². The zero-order valence-corrected chi connectivity index (χ0v) is 49.9. The molecule has 1 rings (SSSR count). The molecular weight excluding hydrogens is 1050 g/mol. The van der Waals surface area contributed by atoms with Crippen LogP contribution in [0.3, 0.4) is 0 Å². The molecule has 0 saturated carbocycles. The predicted octanol–water partition coefficient (Wildman–Crippen LogP) is 0.876. The van der Waals surface area contributed by atoms with Crippen LogP contribution >= 0.6 is 0 Å². The molecule has 0 aromatic heterocycles. The summed E-state index contributed by atoms with van der Waals surface area (Å²) in [5, 5.41) is 63.8. The summed E-state index contributed by atoms with van der Waals surface area (Å²) in [6.07, 6.45) is 2.51. The molecule has 13 atom stereocenters. The van der Waals surface area contributed by atoms with Crippen molar-refractivity contribution < 1.29 is 77.9 Å². The van der Waals surface area contributed by atoms with Crippen molar-refractivity contribution in [1.82, 2.24) is 47.9 Å². The molecule has 0 aromatic carbocycles. The van der Waals surface area contributed by atoms with Gasteiger partial charge in [0, 0.05) is 6.42 Å². The van der Waals surface area contributed by atoms with E-state index >= 15 is 0 Å². The van der Waals surface area contributed by atoms with E-state index in [4.69, 9.17) is 4.74 Å². The Kier molecular flexibility index (Phi) is 34.2. The number of aliphatic carboxylic acids is 1. The van der Waals surface area contributed by atoms with Crippen molar-refractivity contribution in [3.8, 4) is 0 Å². The third kappa shape index (κ3) is 27.1. The number of hydrogen-bond donors (Lipinski definition) is 13. The molecular formula is C56H99N9O16. The zero-order valence-electron chi connectivity index (χ0n) is 49.9. The van der Waals surface area contributed by atoms with Crippen molar-refractivity contribution in [1.29, 1.82) is 0 Å². The minimum atomic E-state index is -1.95. The largest absolute Gasteiger partial charge is 0.481 e. The molecule has 13 N–H and O–H groups in total. The van der Waals surface area contributed by atoms with E-state index in [0.29, 0.717) is 12.8 Å². The van der Waals surface area contributed by atoms with Gasteiger partial charge in [0.1, 0.15) is 60.5 Å². The predicted molar refractivity (Wildman–Crippen MR) is 300 cm³/mol. The molecule has 0 radical (unpaired) electrons. The van der Waals surface area contributed by atoms with Gasteiger partial charge in [-0.1, -0.05) is 128 Å². The zero-order chi connectivity index (χ0) is 61.7. The number of aliphatic hydroxyl groups excluding tert-OH is 3. The first-order valence-electron chi connectivity index (χ1n) is 29.1. The van der Waals surface area contributed by atoms with Crippen LogP contribution in [0.5, 0.6) is 0 Å². The van der Waals surface area contributed by atoms with Gasteiger partial charge in [0.05, 0.1) is 25.7 Å². The summed E-state index contributed by atoms with van der Waals surface area (Å²) in [6.45, 7) is 18.5. The molecule has 0 spiro atoms. The van der Waals surface area contributed by atoms with E-state index < -0.39 is 170 Å². The maximum Gasteiger partial charge on any atom is 0.329 e. The van der Waals surface area contributed by atoms with Gasteiger partial charge in [0.15, 0.2) is 0 Å². The molecule has 1 saturated heterocycles. The molecule has 0 aliphatic carbocycles. The van der Waals surface area contributed by atoms with Gasteiger partial charge in [-0.15, -0.1) is 0 Å². The second-order valence-electron chi connectivity index (χ2n) is 22.9. The van der Waals surface area contributed by atoms with E-state index in [2.05, 4.69) is 54.8 Å². The number of carbonyl (C=O) groups is 11. The first kappa shape index (κ1) is 73.1. The molecule has 464 valence electrons. The summed E-state index contributed by atoms with van der Waals surface area (Å²) in [6, 6.07) is -14.1. The lowest BCUT2D eigenvalue weighted by atomic mass is 9.96. The van der Waals surface area contributed by atoms with E-state index in [-0.39, 0.29) is 56.3 Å². The average molecular weight is 1150 g/mol. The number of nitrogens with one attached hydrogen (secondary N) is 9. The highest BCUT2D eigenvalue weighted by molar-refractivity contribution is 5.99. The summed E-state index contributed by atoms with van der Waals surface area (Å²) in [7, 11) is 0. The molecule has 25 nitrogen and oxygen atoms in total. The van der Waals surface area contributed by atoms with Crippen LogP contribution in [0.2, 0.25) is 0 Å². The lowest BCUT2D eigenvalue weighted by Crippen LogP contribution is -2.64. The number of aliphatic hydroxyl groups is 3. The molecule has 1 fully saturated rings. The lowest BCUT2D eigenvalue weighted by Gasteiger charge is -2.32. The van der Waals surface area contributed by atoms with Gasteiger partial charge in [-0.3, -0.25) is 47.9 Å². The second-order valence-corrected chi connectivity index (χ2v) is 22.9. The van der Waals surface area contributed by atoms with Crippen LogP contribution in [0, 0.1) is 29.6 Å². The van der Waals surface area contributed by atoms with Crippen molar-refractivity contribution in [3.63, 3.8) is 0 Å². The number of amides is 9. The van der Waals surface area contributed by atoms with Crippen LogP contribution in [-0.4, -0.2) is 165 Å². The number of carbonyl (C=O) groups excluding carboxylic acids is 10. The van der Waals surface area contributed by atoms with Gasteiger partial charge in [-0.05, 0) is 68.6 Å². The monoisotopic (exact) mass is 1150 g/mol. The maximum absolute atomic E-state index is 14.8. The Balaban J connectivity index is 4.01. The van der Waals surface area contributed by atoms with E-state index in [1.54, 1.807) is 69.2 Å². The first-order chi connectivity index (χ1) is 38.0. The van der Waals surface area contributed by atoms with E-state index in [1.165, 1.54) is 6.92 Å². The Morgan fingerprint density at radius 2 is 1.02 bits per heavy atom. The maximum atomic E-state index is 14.8. The van der Waals surface area contributed by atoms with Crippen molar-refractivity contribution in [2.75, 3.05) is 13.2 Å². The number of hydrogen-bond acceptors (Lipinski definition) is 15. The van der Waals surface area contributed by atoms with Gasteiger partial charge in [-0.2, -0.15) is 0 Å². The van der Waals surface area contributed by atoms with Crippen LogP contribution in [0.25, 0.3) is 0 Å². The minimum absolute atomic E-state index is 0.00956. The van der Waals surface area contributed by atoms with Crippen LogP contribution in [0.4, 0.5) is 0 Å². The Labute approximate surface area is 478 Å². The highest BCUT2D eigenvalue weighted by Crippen LogP contribution is 2.18. The van der Waals surface area contributed by atoms with E-state index in [1.807, 2.05) is 0 Å². The molecule has 0 aromatic rings. The first-order valence-corrected chi connectivity index (χ1v) is 29.1. The van der Waals surface area contributed by atoms with Crippen molar-refractivity contribution in [2.45, 2.75) is 246 Å². The van der Waals surface area contributed by atoms with Gasteiger partial charge >= 0.3 is 11.9 Å². The normalized spacial score (nSPS) is 24.0. The summed E-state index contributed by atoms with van der Waals surface area (Å²) < 4.78 is 5.85. The lowest BCUT2D eigenvalue weighted by molar-refractivity contribution is -0.158. The van der Waals surface area contributed by atoms with Crippen molar-refractivity contribution in [2.24, 2.45) is 29.6 Å². The highest BCUT2D eigenvalue weighted by Gasteiger charge is 2.41. The van der Waals surface area contributed by atoms with Gasteiger partial charge in [0.2, 0.25) is 53.2 Å². The van der Waals surface area contributed by atoms with Gasteiger partial charge in [-0.25, -0.2) is 4.79 Å². The number of carboxylic acids is 1. The number of cyclic esters (lactones) is 1.